The Morgan fingerprint density at radius 2 is 1.80 bits per heavy atom. The van der Waals surface area contributed by atoms with Crippen molar-refractivity contribution in [2.45, 2.75) is 90.0 Å². The topological polar surface area (TPSA) is 49.4 Å². The van der Waals surface area contributed by atoms with Crippen LogP contribution in [0.1, 0.15) is 95.6 Å². The van der Waals surface area contributed by atoms with Crippen molar-refractivity contribution in [2.75, 3.05) is 13.1 Å². The molecule has 0 bridgehead atoms. The lowest BCUT2D eigenvalue weighted by molar-refractivity contribution is -0.146. The number of carbonyl (C=O) groups is 2. The molecule has 4 nitrogen and oxygen atoms in total. The van der Waals surface area contributed by atoms with Crippen LogP contribution in [0.3, 0.4) is 0 Å². The maximum atomic E-state index is 12.9. The molecule has 1 N–H and O–H groups in total. The molecule has 4 rings (SSSR count). The number of hydrogen-bond donors (Lipinski definition) is 1. The molecule has 1 aromatic carbocycles. The molecule has 0 atom stereocenters. The largest absolute Gasteiger partial charge is 0.351 e. The standard InChI is InChI=1S/C26H38N2O2/c1-5-23(29)27-25(4)14-22(15-25)24(30)28-11-9-26(10-12-28)16-21(17-26)20-8-6-7-19(13-20)18(2)3/h6-8,13,18,21-22H,5,9-12,14-17H2,1-4H3,(H,27,29). The van der Waals surface area contributed by atoms with Crippen molar-refractivity contribution in [3.63, 3.8) is 0 Å². The molecule has 0 unspecified atom stereocenters. The Kier molecular flexibility index (Phi) is 5.71. The van der Waals surface area contributed by atoms with Crippen molar-refractivity contribution in [2.24, 2.45) is 11.3 Å². The fourth-order valence-electron chi connectivity index (χ4n) is 5.99. The predicted octanol–water partition coefficient (Wildman–Crippen LogP) is 4.99. The van der Waals surface area contributed by atoms with Crippen LogP contribution >= 0.6 is 0 Å². The number of carbonyl (C=O) groups excluding carboxylic acids is 2. The number of piperidine rings is 1. The average Bonchev–Trinajstić information content (AvgIpc) is 2.69. The molecule has 1 aromatic rings. The van der Waals surface area contributed by atoms with E-state index in [0.29, 0.717) is 29.6 Å². The summed E-state index contributed by atoms with van der Waals surface area (Å²) in [5.41, 5.74) is 3.22. The first-order valence-electron chi connectivity index (χ1n) is 11.9. The third kappa shape index (κ3) is 4.15. The third-order valence-electron chi connectivity index (χ3n) is 8.05. The maximum absolute atomic E-state index is 12.9. The van der Waals surface area contributed by atoms with Crippen molar-refractivity contribution < 1.29 is 9.59 Å². The van der Waals surface area contributed by atoms with Gasteiger partial charge in [0.15, 0.2) is 0 Å². The van der Waals surface area contributed by atoms with Gasteiger partial charge in [-0.2, -0.15) is 0 Å². The van der Waals surface area contributed by atoms with Crippen molar-refractivity contribution in [3.05, 3.63) is 35.4 Å². The number of hydrogen-bond acceptors (Lipinski definition) is 2. The Bertz CT molecular complexity index is 793. The number of rotatable bonds is 5. The van der Waals surface area contributed by atoms with Crippen LogP contribution in [0.15, 0.2) is 24.3 Å². The number of nitrogens with zero attached hydrogens (tertiary/aromatic N) is 1. The molecule has 2 saturated carbocycles. The van der Waals surface area contributed by atoms with Gasteiger partial charge >= 0.3 is 0 Å². The second kappa shape index (κ2) is 8.01. The SMILES string of the molecule is CCC(=O)NC1(C)CC(C(=O)N2CCC3(CC2)CC(c2cccc(C(C)C)c2)C3)C1. The summed E-state index contributed by atoms with van der Waals surface area (Å²) >= 11 is 0. The van der Waals surface area contributed by atoms with E-state index < -0.39 is 0 Å². The van der Waals surface area contributed by atoms with E-state index in [1.165, 1.54) is 24.0 Å². The number of nitrogens with one attached hydrogen (secondary N) is 1. The zero-order valence-electron chi connectivity index (χ0n) is 19.2. The molecule has 0 radical (unpaired) electrons. The highest BCUT2D eigenvalue weighted by molar-refractivity contribution is 5.82. The van der Waals surface area contributed by atoms with Gasteiger partial charge < -0.3 is 10.2 Å². The lowest BCUT2D eigenvalue weighted by atomic mass is 9.56. The summed E-state index contributed by atoms with van der Waals surface area (Å²) < 4.78 is 0. The molecular weight excluding hydrogens is 372 g/mol. The third-order valence-corrected chi connectivity index (χ3v) is 8.05. The van der Waals surface area contributed by atoms with Crippen LogP contribution in [-0.4, -0.2) is 35.3 Å². The number of amides is 2. The molecule has 1 heterocycles. The van der Waals surface area contributed by atoms with E-state index >= 15 is 0 Å². The lowest BCUT2D eigenvalue weighted by Crippen LogP contribution is -2.59. The van der Waals surface area contributed by atoms with Crippen LogP contribution in [0, 0.1) is 11.3 Å². The van der Waals surface area contributed by atoms with Crippen LogP contribution in [-0.2, 0) is 9.59 Å². The molecule has 4 heteroatoms. The molecule has 1 saturated heterocycles. The van der Waals surface area contributed by atoms with Gasteiger partial charge in [0.1, 0.15) is 0 Å². The van der Waals surface area contributed by atoms with E-state index in [1.807, 2.05) is 6.92 Å². The summed E-state index contributed by atoms with van der Waals surface area (Å²) in [4.78, 5) is 26.7. The molecule has 1 aliphatic heterocycles. The normalized spacial score (nSPS) is 28.2. The molecule has 0 aromatic heterocycles. The fourth-order valence-corrected chi connectivity index (χ4v) is 5.99. The Labute approximate surface area is 181 Å². The highest BCUT2D eigenvalue weighted by Crippen LogP contribution is 2.57. The van der Waals surface area contributed by atoms with Crippen LogP contribution in [0.4, 0.5) is 0 Å². The van der Waals surface area contributed by atoms with Crippen molar-refractivity contribution >= 4 is 11.8 Å². The number of likely N-dealkylation sites (tertiary alicyclic amines) is 1. The van der Waals surface area contributed by atoms with Crippen LogP contribution in [0.5, 0.6) is 0 Å². The molecule has 2 amide bonds. The van der Waals surface area contributed by atoms with Gasteiger partial charge in [-0.15, -0.1) is 0 Å². The smallest absolute Gasteiger partial charge is 0.225 e. The number of benzene rings is 1. The van der Waals surface area contributed by atoms with Gasteiger partial charge in [0.25, 0.3) is 0 Å². The quantitative estimate of drug-likeness (QED) is 0.743. The van der Waals surface area contributed by atoms with E-state index in [9.17, 15) is 9.59 Å². The van der Waals surface area contributed by atoms with Crippen LogP contribution < -0.4 is 5.32 Å². The Morgan fingerprint density at radius 3 is 2.40 bits per heavy atom. The van der Waals surface area contributed by atoms with Gasteiger partial charge in [0.2, 0.25) is 11.8 Å². The summed E-state index contributed by atoms with van der Waals surface area (Å²) in [7, 11) is 0. The summed E-state index contributed by atoms with van der Waals surface area (Å²) in [5, 5.41) is 3.08. The van der Waals surface area contributed by atoms with Gasteiger partial charge in [0, 0.05) is 31.0 Å². The van der Waals surface area contributed by atoms with E-state index in [4.69, 9.17) is 0 Å². The predicted molar refractivity (Wildman–Crippen MR) is 120 cm³/mol. The van der Waals surface area contributed by atoms with Crippen molar-refractivity contribution in [1.29, 1.82) is 0 Å². The zero-order valence-corrected chi connectivity index (χ0v) is 19.2. The van der Waals surface area contributed by atoms with Gasteiger partial charge in [-0.3, -0.25) is 9.59 Å². The first-order chi connectivity index (χ1) is 14.2. The van der Waals surface area contributed by atoms with E-state index in [-0.39, 0.29) is 17.4 Å². The first-order valence-corrected chi connectivity index (χ1v) is 11.9. The molecule has 164 valence electrons. The average molecular weight is 411 g/mol. The van der Waals surface area contributed by atoms with Gasteiger partial charge in [-0.05, 0) is 73.8 Å². The lowest BCUT2D eigenvalue weighted by Gasteiger charge is -2.54. The Hall–Kier alpha value is -1.84. The molecule has 30 heavy (non-hydrogen) atoms. The highest BCUT2D eigenvalue weighted by atomic mass is 16.2. The zero-order chi connectivity index (χ0) is 21.5. The summed E-state index contributed by atoms with van der Waals surface area (Å²) in [5.74, 6) is 1.77. The summed E-state index contributed by atoms with van der Waals surface area (Å²) in [6, 6.07) is 9.16. The van der Waals surface area contributed by atoms with E-state index in [1.54, 1.807) is 0 Å². The highest BCUT2D eigenvalue weighted by Gasteiger charge is 2.49. The van der Waals surface area contributed by atoms with E-state index in [2.05, 4.69) is 55.3 Å². The Balaban J connectivity index is 1.25. The second-order valence-corrected chi connectivity index (χ2v) is 10.8. The van der Waals surface area contributed by atoms with Gasteiger partial charge in [0.05, 0.1) is 0 Å². The molecule has 1 spiro atoms. The molecule has 3 fully saturated rings. The molecule has 3 aliphatic rings. The van der Waals surface area contributed by atoms with Gasteiger partial charge in [-0.1, -0.05) is 45.0 Å². The van der Waals surface area contributed by atoms with Gasteiger partial charge in [-0.25, -0.2) is 0 Å². The van der Waals surface area contributed by atoms with Crippen LogP contribution in [0.25, 0.3) is 0 Å². The molecular formula is C26H38N2O2. The van der Waals surface area contributed by atoms with Crippen molar-refractivity contribution in [1.82, 2.24) is 10.2 Å². The van der Waals surface area contributed by atoms with Crippen molar-refractivity contribution in [3.8, 4) is 0 Å². The summed E-state index contributed by atoms with van der Waals surface area (Å²) in [6.45, 7) is 10.3. The minimum atomic E-state index is -0.184. The van der Waals surface area contributed by atoms with Crippen LogP contribution in [0.2, 0.25) is 0 Å². The minimum absolute atomic E-state index is 0.0850. The first kappa shape index (κ1) is 21.4. The second-order valence-electron chi connectivity index (χ2n) is 10.8. The Morgan fingerprint density at radius 1 is 1.13 bits per heavy atom. The minimum Gasteiger partial charge on any atom is -0.351 e. The summed E-state index contributed by atoms with van der Waals surface area (Å²) in [6.07, 6.45) is 6.93. The maximum Gasteiger partial charge on any atom is 0.225 e. The fraction of sp³-hybridized carbons (Fsp3) is 0.692. The van der Waals surface area contributed by atoms with E-state index in [0.717, 1.165) is 38.8 Å². The monoisotopic (exact) mass is 410 g/mol. The molecule has 2 aliphatic carbocycles.